The molecule has 0 aliphatic rings. The van der Waals surface area contributed by atoms with Crippen molar-refractivity contribution in [3.63, 3.8) is 0 Å². The Morgan fingerprint density at radius 1 is 0.793 bits per heavy atom. The van der Waals surface area contributed by atoms with Crippen LogP contribution < -0.4 is 9.47 Å². The molecule has 3 rings (SSSR count). The minimum Gasteiger partial charge on any atom is -0.465 e. The van der Waals surface area contributed by atoms with E-state index in [1.165, 1.54) is 5.56 Å². The number of aryl methyl sites for hydroxylation is 3. The van der Waals surface area contributed by atoms with E-state index in [-0.39, 0.29) is 0 Å². The van der Waals surface area contributed by atoms with Crippen molar-refractivity contribution in [3.05, 3.63) is 101 Å². The van der Waals surface area contributed by atoms with Gasteiger partial charge in [-0.15, -0.1) is 0 Å². The summed E-state index contributed by atoms with van der Waals surface area (Å²) in [5.74, 6) is 2.08. The van der Waals surface area contributed by atoms with Gasteiger partial charge < -0.3 is 9.47 Å². The van der Waals surface area contributed by atoms with Gasteiger partial charge in [0.2, 0.25) is 5.90 Å². The van der Waals surface area contributed by atoms with Gasteiger partial charge in [0.25, 0.3) is 0 Å². The van der Waals surface area contributed by atoms with E-state index in [9.17, 15) is 0 Å². The molecule has 0 aliphatic carbocycles. The van der Waals surface area contributed by atoms with Crippen LogP contribution in [0.25, 0.3) is 0 Å². The van der Waals surface area contributed by atoms with Gasteiger partial charge in [-0.3, -0.25) is 0 Å². The van der Waals surface area contributed by atoms with Crippen molar-refractivity contribution < 1.29 is 9.47 Å². The first kappa shape index (κ1) is 20.4. The minimum atomic E-state index is 0.537. The van der Waals surface area contributed by atoms with Crippen molar-refractivity contribution >= 4 is 11.6 Å². The van der Waals surface area contributed by atoms with Gasteiger partial charge in [-0.25, -0.2) is 4.99 Å². The average molecular weight is 386 g/mol. The Morgan fingerprint density at radius 2 is 1.41 bits per heavy atom. The third kappa shape index (κ3) is 6.08. The number of aliphatic imine (C=N–C) groups is 1. The number of benzene rings is 3. The van der Waals surface area contributed by atoms with Crippen LogP contribution in [0.4, 0.5) is 5.69 Å². The highest BCUT2D eigenvalue weighted by Crippen LogP contribution is 2.21. The van der Waals surface area contributed by atoms with E-state index >= 15 is 0 Å². The second-order valence-corrected chi connectivity index (χ2v) is 7.10. The Hall–Kier alpha value is -3.33. The van der Waals surface area contributed by atoms with Crippen LogP contribution in [0.1, 0.15) is 30.0 Å². The summed E-state index contributed by atoms with van der Waals surface area (Å²) in [5.41, 5.74) is 5.20. The second kappa shape index (κ2) is 9.74. The molecule has 0 amide bonds. The van der Waals surface area contributed by atoms with E-state index in [0.29, 0.717) is 5.90 Å². The zero-order valence-corrected chi connectivity index (χ0v) is 17.5. The Morgan fingerprint density at radius 3 is 2.03 bits per heavy atom. The van der Waals surface area contributed by atoms with Crippen molar-refractivity contribution in [3.8, 4) is 11.5 Å². The van der Waals surface area contributed by atoms with Crippen LogP contribution in [0.15, 0.2) is 89.6 Å². The number of hydrogen-bond donors (Lipinski definition) is 0. The lowest BCUT2D eigenvalue weighted by atomic mass is 10.2. The van der Waals surface area contributed by atoms with Crippen LogP contribution >= 0.6 is 0 Å². The number of nitrogens with zero attached hydrogens (tertiary/aromatic N) is 1. The molecule has 0 heterocycles. The van der Waals surface area contributed by atoms with Gasteiger partial charge >= 0.3 is 0 Å². The quantitative estimate of drug-likeness (QED) is 0.257. The van der Waals surface area contributed by atoms with E-state index in [0.717, 1.165) is 40.3 Å². The standard InChI is InChI=1S/C26H27NO2/c1-5-22(18-28-24-10-6-8-20(3)16-24)26(27-23-14-12-19(2)13-15-23)29-25-11-7-9-21(4)17-25/h6-18H,5H2,1-4H3/b22-18+,27-26-. The predicted molar refractivity (Wildman–Crippen MR) is 120 cm³/mol. The normalized spacial score (nSPS) is 12.0. The summed E-state index contributed by atoms with van der Waals surface area (Å²) in [6, 6.07) is 24.0. The van der Waals surface area contributed by atoms with Crippen LogP contribution in [-0.2, 0) is 0 Å². The van der Waals surface area contributed by atoms with E-state index in [2.05, 4.69) is 13.8 Å². The second-order valence-electron chi connectivity index (χ2n) is 7.10. The van der Waals surface area contributed by atoms with Gasteiger partial charge in [0.15, 0.2) is 0 Å². The molecule has 0 bridgehead atoms. The van der Waals surface area contributed by atoms with Gasteiger partial charge in [0.05, 0.1) is 11.9 Å². The van der Waals surface area contributed by atoms with Gasteiger partial charge in [-0.1, -0.05) is 48.9 Å². The first-order valence-electron chi connectivity index (χ1n) is 9.86. The van der Waals surface area contributed by atoms with Gasteiger partial charge in [0, 0.05) is 5.57 Å². The summed E-state index contributed by atoms with van der Waals surface area (Å²) >= 11 is 0. The number of ether oxygens (including phenoxy) is 2. The zero-order valence-electron chi connectivity index (χ0n) is 17.5. The highest BCUT2D eigenvalue weighted by Gasteiger charge is 2.11. The largest absolute Gasteiger partial charge is 0.465 e. The maximum absolute atomic E-state index is 6.20. The Kier molecular flexibility index (Phi) is 6.85. The summed E-state index contributed by atoms with van der Waals surface area (Å²) in [6.07, 6.45) is 2.46. The molecule has 0 N–H and O–H groups in total. The summed E-state index contributed by atoms with van der Waals surface area (Å²) in [7, 11) is 0. The monoisotopic (exact) mass is 385 g/mol. The van der Waals surface area contributed by atoms with Crippen molar-refractivity contribution in [2.24, 2.45) is 4.99 Å². The molecule has 3 nitrogen and oxygen atoms in total. The fourth-order valence-electron chi connectivity index (χ4n) is 2.80. The Labute approximate surface area is 173 Å². The van der Waals surface area contributed by atoms with Crippen LogP contribution in [0.5, 0.6) is 11.5 Å². The van der Waals surface area contributed by atoms with E-state index in [1.54, 1.807) is 6.26 Å². The molecule has 148 valence electrons. The summed E-state index contributed by atoms with van der Waals surface area (Å²) in [5, 5.41) is 0. The van der Waals surface area contributed by atoms with Crippen LogP contribution in [-0.4, -0.2) is 5.90 Å². The van der Waals surface area contributed by atoms with Crippen molar-refractivity contribution in [1.29, 1.82) is 0 Å². The van der Waals surface area contributed by atoms with Gasteiger partial charge in [-0.2, -0.15) is 0 Å². The van der Waals surface area contributed by atoms with Gasteiger partial charge in [-0.05, 0) is 74.7 Å². The van der Waals surface area contributed by atoms with Crippen molar-refractivity contribution in [1.82, 2.24) is 0 Å². The smallest absolute Gasteiger partial charge is 0.226 e. The summed E-state index contributed by atoms with van der Waals surface area (Å²) < 4.78 is 12.1. The first-order valence-corrected chi connectivity index (χ1v) is 9.86. The van der Waals surface area contributed by atoms with Crippen LogP contribution in [0, 0.1) is 20.8 Å². The van der Waals surface area contributed by atoms with Crippen molar-refractivity contribution in [2.45, 2.75) is 34.1 Å². The third-order valence-electron chi connectivity index (χ3n) is 4.45. The molecule has 3 aromatic rings. The highest BCUT2D eigenvalue weighted by molar-refractivity contribution is 5.96. The lowest BCUT2D eigenvalue weighted by Crippen LogP contribution is -2.12. The maximum Gasteiger partial charge on any atom is 0.226 e. The molecular formula is C26H27NO2. The van der Waals surface area contributed by atoms with Crippen LogP contribution in [0.3, 0.4) is 0 Å². The molecule has 3 aromatic carbocycles. The summed E-state index contributed by atoms with van der Waals surface area (Å²) in [4.78, 5) is 4.77. The molecule has 0 unspecified atom stereocenters. The Bertz CT molecular complexity index is 1020. The molecule has 29 heavy (non-hydrogen) atoms. The topological polar surface area (TPSA) is 30.8 Å². The lowest BCUT2D eigenvalue weighted by molar-refractivity contribution is 0.471. The minimum absolute atomic E-state index is 0.537. The average Bonchev–Trinajstić information content (AvgIpc) is 2.70. The first-order chi connectivity index (χ1) is 14.0. The SMILES string of the molecule is CCC(=C\Oc1cccc(C)c1)/C(=N/c1ccc(C)cc1)Oc1cccc(C)c1. The maximum atomic E-state index is 6.20. The highest BCUT2D eigenvalue weighted by atomic mass is 16.5. The Balaban J connectivity index is 1.94. The lowest BCUT2D eigenvalue weighted by Gasteiger charge is -2.13. The summed E-state index contributed by atoms with van der Waals surface area (Å²) in [6.45, 7) is 8.21. The molecule has 0 aromatic heterocycles. The molecule has 3 heteroatoms. The molecule has 0 fully saturated rings. The van der Waals surface area contributed by atoms with Crippen molar-refractivity contribution in [2.75, 3.05) is 0 Å². The molecular weight excluding hydrogens is 358 g/mol. The molecule has 0 saturated carbocycles. The molecule has 0 saturated heterocycles. The number of rotatable bonds is 6. The fraction of sp³-hybridized carbons (Fsp3) is 0.192. The predicted octanol–water partition coefficient (Wildman–Crippen LogP) is 7.09. The van der Waals surface area contributed by atoms with E-state index < -0.39 is 0 Å². The van der Waals surface area contributed by atoms with Gasteiger partial charge in [0.1, 0.15) is 11.5 Å². The van der Waals surface area contributed by atoms with E-state index in [1.807, 2.05) is 86.6 Å². The van der Waals surface area contributed by atoms with Crippen LogP contribution in [0.2, 0.25) is 0 Å². The van der Waals surface area contributed by atoms with E-state index in [4.69, 9.17) is 14.5 Å². The fourth-order valence-corrected chi connectivity index (χ4v) is 2.80. The molecule has 0 aliphatic heterocycles. The zero-order chi connectivity index (χ0) is 20.6. The molecule has 0 spiro atoms. The molecule has 0 atom stereocenters. The third-order valence-corrected chi connectivity index (χ3v) is 4.45. The molecule has 0 radical (unpaired) electrons. The number of hydrogen-bond acceptors (Lipinski definition) is 3.